The third kappa shape index (κ3) is 10.8. The highest BCUT2D eigenvalue weighted by molar-refractivity contribution is 5.96. The van der Waals surface area contributed by atoms with Crippen molar-refractivity contribution in [2.24, 2.45) is 23.0 Å². The summed E-state index contributed by atoms with van der Waals surface area (Å²) in [5.74, 6) is 0.528. The number of amides is 2. The molecule has 0 aliphatic carbocycles. The van der Waals surface area contributed by atoms with Gasteiger partial charge in [0.05, 0.1) is 18.3 Å². The average molecular weight is 480 g/mol. The van der Waals surface area contributed by atoms with Crippen molar-refractivity contribution in [1.82, 2.24) is 10.6 Å². The molecular weight excluding hydrogens is 434 g/mol. The quantitative estimate of drug-likeness (QED) is 0.287. The van der Waals surface area contributed by atoms with Crippen LogP contribution < -0.4 is 21.1 Å². The Balaban J connectivity index is 2.62. The average Bonchev–Trinajstić information content (AvgIpc) is 2.78. The number of hydrogen-bond acceptors (Lipinski definition) is 6. The first-order valence-electron chi connectivity index (χ1n) is 12.2. The molecule has 1 aromatic rings. The van der Waals surface area contributed by atoms with Gasteiger partial charge < -0.3 is 30.9 Å². The van der Waals surface area contributed by atoms with Crippen molar-refractivity contribution >= 4 is 11.8 Å². The summed E-state index contributed by atoms with van der Waals surface area (Å²) in [6.07, 6.45) is 1.39. The van der Waals surface area contributed by atoms with E-state index >= 15 is 0 Å². The van der Waals surface area contributed by atoms with Crippen LogP contribution in [0, 0.1) is 17.3 Å². The molecule has 1 rings (SSSR count). The Hall–Kier alpha value is -2.16. The van der Waals surface area contributed by atoms with Crippen LogP contribution in [0.2, 0.25) is 0 Å². The molecule has 194 valence electrons. The number of rotatable bonds is 15. The largest absolute Gasteiger partial charge is 0.493 e. The maximum Gasteiger partial charge on any atom is 0.255 e. The van der Waals surface area contributed by atoms with Gasteiger partial charge >= 0.3 is 0 Å². The van der Waals surface area contributed by atoms with Gasteiger partial charge in [-0.25, -0.2) is 0 Å². The van der Waals surface area contributed by atoms with Gasteiger partial charge in [0.25, 0.3) is 5.91 Å². The van der Waals surface area contributed by atoms with Gasteiger partial charge in [0.15, 0.2) is 0 Å². The fourth-order valence-electron chi connectivity index (χ4n) is 3.34. The molecule has 0 saturated carbocycles. The molecule has 0 heterocycles. The van der Waals surface area contributed by atoms with Crippen molar-refractivity contribution < 1.29 is 24.2 Å². The van der Waals surface area contributed by atoms with Gasteiger partial charge in [-0.1, -0.05) is 46.8 Å². The second kappa shape index (κ2) is 15.0. The lowest BCUT2D eigenvalue weighted by molar-refractivity contribution is -0.129. The predicted molar refractivity (Wildman–Crippen MR) is 135 cm³/mol. The summed E-state index contributed by atoms with van der Waals surface area (Å²) in [5, 5.41) is 16.2. The molecule has 3 atom stereocenters. The highest BCUT2D eigenvalue weighted by Gasteiger charge is 2.26. The molecule has 0 aliphatic rings. The standard InChI is InChI=1S/C26H45N3O5/c1-18(2)19(15-21(27)22(30)17-29-25(32)26(3,4)5)16-28-24(31)20-11-7-8-12-23(20)34-14-10-9-13-33-6/h7-8,11-12,18-19,21-22,30H,9-10,13-17,27H2,1-6H3,(H,28,31)(H,29,32). The van der Waals surface area contributed by atoms with Crippen LogP contribution in [0.5, 0.6) is 5.75 Å². The minimum absolute atomic E-state index is 0.0639. The molecule has 5 N–H and O–H groups in total. The lowest BCUT2D eigenvalue weighted by atomic mass is 9.87. The minimum Gasteiger partial charge on any atom is -0.493 e. The number of para-hydroxylation sites is 1. The molecule has 0 fully saturated rings. The van der Waals surface area contributed by atoms with Crippen molar-refractivity contribution in [2.75, 3.05) is 33.4 Å². The zero-order valence-corrected chi connectivity index (χ0v) is 21.7. The Morgan fingerprint density at radius 2 is 1.71 bits per heavy atom. The van der Waals surface area contributed by atoms with E-state index in [4.69, 9.17) is 15.2 Å². The van der Waals surface area contributed by atoms with Crippen molar-refractivity contribution in [3.05, 3.63) is 29.8 Å². The topological polar surface area (TPSA) is 123 Å². The molecule has 0 bridgehead atoms. The monoisotopic (exact) mass is 479 g/mol. The number of ether oxygens (including phenoxy) is 2. The molecule has 0 radical (unpaired) electrons. The molecule has 0 saturated heterocycles. The van der Waals surface area contributed by atoms with Crippen LogP contribution in [0.4, 0.5) is 0 Å². The molecule has 0 aromatic heterocycles. The first-order valence-corrected chi connectivity index (χ1v) is 12.2. The van der Waals surface area contributed by atoms with E-state index in [0.717, 1.165) is 12.8 Å². The Bertz CT molecular complexity index is 748. The number of benzene rings is 1. The van der Waals surface area contributed by atoms with E-state index in [1.807, 2.05) is 32.9 Å². The second-order valence-corrected chi connectivity index (χ2v) is 10.2. The van der Waals surface area contributed by atoms with Crippen LogP contribution in [-0.4, -0.2) is 62.5 Å². The molecule has 0 spiro atoms. The molecule has 8 heteroatoms. The number of methoxy groups -OCH3 is 1. The number of carbonyl (C=O) groups is 2. The Morgan fingerprint density at radius 3 is 2.32 bits per heavy atom. The zero-order valence-electron chi connectivity index (χ0n) is 21.7. The zero-order chi connectivity index (χ0) is 25.7. The number of hydrogen-bond donors (Lipinski definition) is 4. The third-order valence-electron chi connectivity index (χ3n) is 5.82. The maximum atomic E-state index is 12.9. The van der Waals surface area contributed by atoms with E-state index in [2.05, 4.69) is 24.5 Å². The van der Waals surface area contributed by atoms with Gasteiger partial charge in [-0.3, -0.25) is 9.59 Å². The molecule has 8 nitrogen and oxygen atoms in total. The lowest BCUT2D eigenvalue weighted by Crippen LogP contribution is -2.47. The summed E-state index contributed by atoms with van der Waals surface area (Å²) in [5.41, 5.74) is 6.20. The molecule has 1 aromatic carbocycles. The number of unbranched alkanes of at least 4 members (excludes halogenated alkanes) is 1. The smallest absolute Gasteiger partial charge is 0.255 e. The van der Waals surface area contributed by atoms with Gasteiger partial charge in [0.1, 0.15) is 5.75 Å². The minimum atomic E-state index is -0.865. The van der Waals surface area contributed by atoms with Crippen molar-refractivity contribution in [3.8, 4) is 5.75 Å². The van der Waals surface area contributed by atoms with E-state index < -0.39 is 17.6 Å². The van der Waals surface area contributed by atoms with Crippen molar-refractivity contribution in [3.63, 3.8) is 0 Å². The summed E-state index contributed by atoms with van der Waals surface area (Å²) in [4.78, 5) is 24.9. The van der Waals surface area contributed by atoms with Gasteiger partial charge in [-0.05, 0) is 43.2 Å². The van der Waals surface area contributed by atoms with Crippen LogP contribution in [0.15, 0.2) is 24.3 Å². The van der Waals surface area contributed by atoms with Crippen LogP contribution in [-0.2, 0) is 9.53 Å². The molecule has 3 unspecified atom stereocenters. The number of carbonyl (C=O) groups excluding carboxylic acids is 2. The first-order chi connectivity index (χ1) is 16.0. The summed E-state index contributed by atoms with van der Waals surface area (Å²) in [7, 11) is 1.67. The Kier molecular flexibility index (Phi) is 13.1. The number of aliphatic hydroxyl groups is 1. The van der Waals surface area contributed by atoms with Crippen LogP contribution in [0.1, 0.15) is 64.2 Å². The predicted octanol–water partition coefficient (Wildman–Crippen LogP) is 2.73. The van der Waals surface area contributed by atoms with Gasteiger partial charge in [-0.15, -0.1) is 0 Å². The van der Waals surface area contributed by atoms with Gasteiger partial charge in [-0.2, -0.15) is 0 Å². The Labute approximate surface area is 205 Å². The summed E-state index contributed by atoms with van der Waals surface area (Å²) < 4.78 is 10.9. The van der Waals surface area contributed by atoms with Crippen LogP contribution in [0.25, 0.3) is 0 Å². The van der Waals surface area contributed by atoms with E-state index in [0.29, 0.717) is 37.5 Å². The van der Waals surface area contributed by atoms with E-state index in [1.165, 1.54) is 0 Å². The number of aliphatic hydroxyl groups excluding tert-OH is 1. The number of nitrogens with two attached hydrogens (primary N) is 1. The molecular formula is C26H45N3O5. The summed E-state index contributed by atoms with van der Waals surface area (Å²) >= 11 is 0. The van der Waals surface area contributed by atoms with Gasteiger partial charge in [0.2, 0.25) is 5.91 Å². The fraction of sp³-hybridized carbons (Fsp3) is 0.692. The van der Waals surface area contributed by atoms with Gasteiger partial charge in [0, 0.05) is 38.3 Å². The normalized spacial score (nSPS) is 14.4. The fourth-order valence-corrected chi connectivity index (χ4v) is 3.34. The molecule has 2 amide bonds. The maximum absolute atomic E-state index is 12.9. The molecule has 34 heavy (non-hydrogen) atoms. The van der Waals surface area contributed by atoms with E-state index in [9.17, 15) is 14.7 Å². The van der Waals surface area contributed by atoms with Crippen LogP contribution in [0.3, 0.4) is 0 Å². The molecule has 0 aliphatic heterocycles. The van der Waals surface area contributed by atoms with Crippen molar-refractivity contribution in [1.29, 1.82) is 0 Å². The van der Waals surface area contributed by atoms with E-state index in [1.54, 1.807) is 19.2 Å². The highest BCUT2D eigenvalue weighted by atomic mass is 16.5. The van der Waals surface area contributed by atoms with Crippen molar-refractivity contribution in [2.45, 2.75) is 66.0 Å². The van der Waals surface area contributed by atoms with Crippen LogP contribution >= 0.6 is 0 Å². The lowest BCUT2D eigenvalue weighted by Gasteiger charge is -2.28. The second-order valence-electron chi connectivity index (χ2n) is 10.2. The third-order valence-corrected chi connectivity index (χ3v) is 5.82. The Morgan fingerprint density at radius 1 is 1.06 bits per heavy atom. The summed E-state index contributed by atoms with van der Waals surface area (Å²) in [6, 6.07) is 6.68. The SMILES string of the molecule is COCCCCOc1ccccc1C(=O)NCC(CC(N)C(O)CNC(=O)C(C)(C)C)C(C)C. The first kappa shape index (κ1) is 29.9. The highest BCUT2D eigenvalue weighted by Crippen LogP contribution is 2.21. The summed E-state index contributed by atoms with van der Waals surface area (Å²) in [6.45, 7) is 11.3. The van der Waals surface area contributed by atoms with E-state index in [-0.39, 0.29) is 30.2 Å². The number of nitrogens with one attached hydrogen (secondary N) is 2.